The van der Waals surface area contributed by atoms with Crippen LogP contribution in [-0.4, -0.2) is 32.8 Å². The Labute approximate surface area is 235 Å². The summed E-state index contributed by atoms with van der Waals surface area (Å²) in [6.45, 7) is 12.7. The van der Waals surface area contributed by atoms with E-state index in [1.165, 1.54) is 49.2 Å². The molecule has 0 spiro atoms. The topological polar surface area (TPSA) is 68.7 Å². The molecular formula is C31H47FN2O4S. The second-order valence-corrected chi connectivity index (χ2v) is 14.3. The largest absolute Gasteiger partial charge is 0.257 e. The van der Waals surface area contributed by atoms with Crippen molar-refractivity contribution in [3.05, 3.63) is 47.4 Å². The average Bonchev–Trinajstić information content (AvgIpc) is 2.87. The maximum atomic E-state index is 13.8. The maximum absolute atomic E-state index is 13.8. The Bertz CT molecular complexity index is 1200. The Morgan fingerprint density at radius 3 is 2.28 bits per heavy atom. The highest BCUT2D eigenvalue weighted by molar-refractivity contribution is 7.92. The third kappa shape index (κ3) is 7.19. The lowest BCUT2D eigenvalue weighted by molar-refractivity contribution is -0.435. The van der Waals surface area contributed by atoms with Gasteiger partial charge in [-0.2, -0.15) is 0 Å². The van der Waals surface area contributed by atoms with E-state index < -0.39 is 15.6 Å². The fourth-order valence-electron chi connectivity index (χ4n) is 5.38. The van der Waals surface area contributed by atoms with Crippen molar-refractivity contribution in [1.82, 2.24) is 4.98 Å². The quantitative estimate of drug-likeness (QED) is 0.204. The summed E-state index contributed by atoms with van der Waals surface area (Å²) in [6.07, 6.45) is 9.85. The fourth-order valence-corrected chi connectivity index (χ4v) is 5.83. The van der Waals surface area contributed by atoms with Gasteiger partial charge in [-0.25, -0.2) is 27.6 Å². The van der Waals surface area contributed by atoms with Gasteiger partial charge in [-0.1, -0.05) is 85.8 Å². The second kappa shape index (κ2) is 12.6. The number of benzene rings is 1. The molecule has 39 heavy (non-hydrogen) atoms. The Hall–Kier alpha value is -2.03. The molecule has 6 nitrogen and oxygen atoms in total. The molecule has 2 heterocycles. The predicted octanol–water partition coefficient (Wildman–Crippen LogP) is 8.12. The molecule has 8 heteroatoms. The molecule has 2 atom stereocenters. The highest BCUT2D eigenvalue weighted by Gasteiger charge is 2.51. The van der Waals surface area contributed by atoms with Crippen molar-refractivity contribution < 1.29 is 22.6 Å². The lowest BCUT2D eigenvalue weighted by Gasteiger charge is -2.48. The number of sulfonamides is 1. The number of pyridine rings is 1. The third-order valence-electron chi connectivity index (χ3n) is 7.95. The van der Waals surface area contributed by atoms with E-state index in [-0.39, 0.29) is 23.3 Å². The first-order valence-corrected chi connectivity index (χ1v) is 16.2. The van der Waals surface area contributed by atoms with Crippen molar-refractivity contribution in [2.45, 2.75) is 111 Å². The first kappa shape index (κ1) is 31.5. The first-order valence-electron chi connectivity index (χ1n) is 14.3. The molecule has 0 radical (unpaired) electrons. The molecule has 1 aliphatic heterocycles. The molecule has 0 bridgehead atoms. The summed E-state index contributed by atoms with van der Waals surface area (Å²) in [5, 5.41) is 0. The van der Waals surface area contributed by atoms with Crippen molar-refractivity contribution in [3.8, 4) is 11.1 Å². The maximum Gasteiger partial charge on any atom is 0.233 e. The van der Waals surface area contributed by atoms with E-state index in [1.807, 2.05) is 19.9 Å². The van der Waals surface area contributed by atoms with E-state index in [0.29, 0.717) is 16.9 Å². The van der Waals surface area contributed by atoms with E-state index in [2.05, 4.69) is 27.7 Å². The van der Waals surface area contributed by atoms with Crippen LogP contribution < -0.4 is 4.31 Å². The number of hydrogen-bond donors (Lipinski definition) is 0. The number of unbranched alkanes of at least 4 members (excludes halogenated alkanes) is 4. The van der Waals surface area contributed by atoms with Crippen molar-refractivity contribution >= 4 is 15.8 Å². The highest BCUT2D eigenvalue weighted by Crippen LogP contribution is 2.52. The number of anilines is 1. The molecule has 0 aliphatic carbocycles. The molecule has 0 amide bonds. The zero-order valence-corrected chi connectivity index (χ0v) is 25.8. The zero-order chi connectivity index (χ0) is 29.0. The normalized spacial score (nSPS) is 20.4. The van der Waals surface area contributed by atoms with Crippen LogP contribution in [0.1, 0.15) is 110 Å². The minimum Gasteiger partial charge on any atom is -0.257 e. The van der Waals surface area contributed by atoms with E-state index in [0.717, 1.165) is 43.2 Å². The van der Waals surface area contributed by atoms with E-state index in [9.17, 15) is 12.8 Å². The van der Waals surface area contributed by atoms with E-state index in [1.54, 1.807) is 12.1 Å². The third-order valence-corrected chi connectivity index (χ3v) is 9.12. The van der Waals surface area contributed by atoms with Crippen molar-refractivity contribution in [1.29, 1.82) is 0 Å². The van der Waals surface area contributed by atoms with Crippen molar-refractivity contribution in [3.63, 3.8) is 0 Å². The summed E-state index contributed by atoms with van der Waals surface area (Å²) in [5.41, 5.74) is 1.79. The van der Waals surface area contributed by atoms with Crippen LogP contribution in [0.25, 0.3) is 11.1 Å². The molecule has 218 valence electrons. The predicted molar refractivity (Wildman–Crippen MR) is 157 cm³/mol. The van der Waals surface area contributed by atoms with Gasteiger partial charge in [0.15, 0.2) is 0 Å². The summed E-state index contributed by atoms with van der Waals surface area (Å²) >= 11 is 0. The number of nitrogens with zero attached hydrogens (tertiary/aromatic N) is 2. The smallest absolute Gasteiger partial charge is 0.233 e. The van der Waals surface area contributed by atoms with Crippen LogP contribution in [0, 0.1) is 11.2 Å². The molecule has 3 rings (SSSR count). The van der Waals surface area contributed by atoms with Gasteiger partial charge in [0.1, 0.15) is 17.2 Å². The van der Waals surface area contributed by atoms with Crippen LogP contribution in [0.15, 0.2) is 30.3 Å². The Morgan fingerprint density at radius 1 is 1.13 bits per heavy atom. The lowest BCUT2D eigenvalue weighted by Crippen LogP contribution is -2.48. The van der Waals surface area contributed by atoms with Crippen LogP contribution in [0.5, 0.6) is 0 Å². The van der Waals surface area contributed by atoms with Gasteiger partial charge in [0.2, 0.25) is 10.0 Å². The molecule has 1 aromatic heterocycles. The van der Waals surface area contributed by atoms with Crippen LogP contribution in [0.4, 0.5) is 10.2 Å². The molecule has 1 aliphatic rings. The summed E-state index contributed by atoms with van der Waals surface area (Å²) in [5.74, 6) is -0.0601. The standard InChI is InChI=1S/C31H47FN2O4S/c1-9-10-11-12-13-14-25-19-20-31(38-37-25,30(4,5)6)27-21-26(23-15-17-24(32)18-16-23)29(33-28(27)22(2)3)34(7)39(8,35)36/h15-18,21-22,25H,9-14,19-20H2,1-8H3/t25-,31-/m1/s1. The van der Waals surface area contributed by atoms with Crippen molar-refractivity contribution in [2.24, 2.45) is 5.41 Å². The van der Waals surface area contributed by atoms with Crippen LogP contribution in [0.3, 0.4) is 0 Å². The Balaban J connectivity index is 2.12. The van der Waals surface area contributed by atoms with Gasteiger partial charge in [0.05, 0.1) is 18.1 Å². The molecule has 0 unspecified atom stereocenters. The monoisotopic (exact) mass is 562 g/mol. The summed E-state index contributed by atoms with van der Waals surface area (Å²) in [6, 6.07) is 8.05. The fraction of sp³-hybridized carbons (Fsp3) is 0.645. The van der Waals surface area contributed by atoms with Crippen LogP contribution in [-0.2, 0) is 25.4 Å². The Morgan fingerprint density at radius 2 is 1.77 bits per heavy atom. The minimum absolute atomic E-state index is 0.00640. The summed E-state index contributed by atoms with van der Waals surface area (Å²) in [7, 11) is -2.10. The molecular weight excluding hydrogens is 515 g/mol. The summed E-state index contributed by atoms with van der Waals surface area (Å²) < 4.78 is 40.3. The zero-order valence-electron chi connectivity index (χ0n) is 25.0. The van der Waals surface area contributed by atoms with Crippen LogP contribution in [0.2, 0.25) is 0 Å². The highest BCUT2D eigenvalue weighted by atomic mass is 32.2. The number of hydrogen-bond acceptors (Lipinski definition) is 5. The molecule has 1 fully saturated rings. The SMILES string of the molecule is CCCCCCC[C@@H]1CC[C@@](c2cc(-c3ccc(F)cc3)c(N(C)S(C)(=O)=O)nc2C(C)C)(C(C)(C)C)OO1. The minimum atomic E-state index is -3.60. The average molecular weight is 563 g/mol. The van der Waals surface area contributed by atoms with Gasteiger partial charge in [-0.3, -0.25) is 4.31 Å². The van der Waals surface area contributed by atoms with E-state index >= 15 is 0 Å². The molecule has 1 aromatic carbocycles. The molecule has 2 aromatic rings. The second-order valence-electron chi connectivity index (χ2n) is 12.3. The van der Waals surface area contributed by atoms with Crippen LogP contribution >= 0.6 is 0 Å². The molecule has 1 saturated heterocycles. The van der Waals surface area contributed by atoms with Gasteiger partial charge < -0.3 is 0 Å². The molecule has 0 N–H and O–H groups in total. The van der Waals surface area contributed by atoms with Gasteiger partial charge in [-0.05, 0) is 54.4 Å². The van der Waals surface area contributed by atoms with Crippen molar-refractivity contribution in [2.75, 3.05) is 17.6 Å². The van der Waals surface area contributed by atoms with Gasteiger partial charge in [0, 0.05) is 18.2 Å². The molecule has 0 saturated carbocycles. The van der Waals surface area contributed by atoms with E-state index in [4.69, 9.17) is 14.8 Å². The summed E-state index contributed by atoms with van der Waals surface area (Å²) in [4.78, 5) is 17.6. The first-order chi connectivity index (χ1) is 18.2. The number of halogens is 1. The van der Waals surface area contributed by atoms with Gasteiger partial charge >= 0.3 is 0 Å². The van der Waals surface area contributed by atoms with Gasteiger partial charge in [-0.15, -0.1) is 0 Å². The number of rotatable bonds is 11. The Kier molecular flexibility index (Phi) is 10.2. The lowest BCUT2D eigenvalue weighted by atomic mass is 9.67. The van der Waals surface area contributed by atoms with Gasteiger partial charge in [0.25, 0.3) is 0 Å². The number of aromatic nitrogens is 1.